The van der Waals surface area contributed by atoms with E-state index in [9.17, 15) is 8.42 Å². The molecule has 5 nitrogen and oxygen atoms in total. The van der Waals surface area contributed by atoms with E-state index in [0.29, 0.717) is 11.5 Å². The molecule has 2 aromatic carbocycles. The van der Waals surface area contributed by atoms with E-state index in [1.165, 1.54) is 0 Å². The molecule has 1 aromatic heterocycles. The molecule has 0 spiro atoms. The monoisotopic (exact) mass is 354 g/mol. The second-order valence-corrected chi connectivity index (χ2v) is 8.25. The fourth-order valence-corrected chi connectivity index (χ4v) is 4.11. The molecule has 25 heavy (non-hydrogen) atoms. The summed E-state index contributed by atoms with van der Waals surface area (Å²) in [7, 11) is -3.50. The Bertz CT molecular complexity index is 1020. The molecule has 6 heteroatoms. The van der Waals surface area contributed by atoms with Crippen LogP contribution in [0.4, 0.5) is 0 Å². The van der Waals surface area contributed by atoms with Crippen LogP contribution in [0.15, 0.2) is 65.7 Å². The maximum absolute atomic E-state index is 12.4. The highest BCUT2D eigenvalue weighted by atomic mass is 32.2. The van der Waals surface area contributed by atoms with Crippen LogP contribution in [-0.4, -0.2) is 18.9 Å². The van der Waals surface area contributed by atoms with Gasteiger partial charge in [-0.15, -0.1) is 0 Å². The molecule has 0 amide bonds. The van der Waals surface area contributed by atoms with Gasteiger partial charge in [0.25, 0.3) is 0 Å². The average Bonchev–Trinajstić information content (AvgIpc) is 3.32. The van der Waals surface area contributed by atoms with Crippen LogP contribution in [0.2, 0.25) is 0 Å². The zero-order valence-corrected chi connectivity index (χ0v) is 14.6. The molecule has 1 N–H and O–H groups in total. The van der Waals surface area contributed by atoms with Gasteiger partial charge in [0, 0.05) is 17.1 Å². The quantitative estimate of drug-likeness (QED) is 0.755. The first kappa shape index (κ1) is 16.1. The smallest absolute Gasteiger partial charge is 0.241 e. The molecule has 0 atom stereocenters. The van der Waals surface area contributed by atoms with Crippen LogP contribution >= 0.6 is 0 Å². The van der Waals surface area contributed by atoms with Crippen LogP contribution < -0.4 is 9.46 Å². The third kappa shape index (κ3) is 3.36. The lowest BCUT2D eigenvalue weighted by Gasteiger charge is -2.13. The summed E-state index contributed by atoms with van der Waals surface area (Å²) in [5, 5.41) is 0.987. The maximum atomic E-state index is 12.4. The molecule has 0 radical (unpaired) electrons. The molecular formula is C19H18N2O3S. The van der Waals surface area contributed by atoms with Crippen molar-refractivity contribution in [2.75, 3.05) is 0 Å². The first-order valence-corrected chi connectivity index (χ1v) is 9.59. The Morgan fingerprint density at radius 3 is 2.48 bits per heavy atom. The van der Waals surface area contributed by atoms with E-state index in [2.05, 4.69) is 9.71 Å². The number of hydrogen-bond donors (Lipinski definition) is 1. The third-order valence-corrected chi connectivity index (χ3v) is 5.99. The third-order valence-electron chi connectivity index (χ3n) is 4.34. The molecule has 0 saturated heterocycles. The van der Waals surface area contributed by atoms with Gasteiger partial charge in [-0.1, -0.05) is 18.2 Å². The summed E-state index contributed by atoms with van der Waals surface area (Å²) < 4.78 is 33.4. The first-order chi connectivity index (χ1) is 12.0. The lowest BCUT2D eigenvalue weighted by Crippen LogP contribution is -2.34. The molecule has 1 heterocycles. The van der Waals surface area contributed by atoms with E-state index in [1.54, 1.807) is 30.5 Å². The standard InChI is InChI=1S/C19H18N2O3S/c1-19(11-12-19)21-25(22,23)16-9-7-15(8-10-16)24-17-6-2-4-14-5-3-13-20-18(14)17/h2-10,13,21H,11-12H2,1H3. The Kier molecular flexibility index (Phi) is 3.74. The molecule has 0 bridgehead atoms. The lowest BCUT2D eigenvalue weighted by molar-refractivity contribution is 0.486. The summed E-state index contributed by atoms with van der Waals surface area (Å²) in [5.41, 5.74) is 0.479. The van der Waals surface area contributed by atoms with Crippen molar-refractivity contribution in [1.29, 1.82) is 0 Å². The summed E-state index contributed by atoms with van der Waals surface area (Å²) >= 11 is 0. The Morgan fingerprint density at radius 2 is 1.76 bits per heavy atom. The van der Waals surface area contributed by atoms with Crippen LogP contribution in [0.3, 0.4) is 0 Å². The van der Waals surface area contributed by atoms with Crippen molar-refractivity contribution in [2.45, 2.75) is 30.2 Å². The second-order valence-electron chi connectivity index (χ2n) is 6.57. The normalized spacial score (nSPS) is 15.9. The number of para-hydroxylation sites is 1. The highest BCUT2D eigenvalue weighted by Crippen LogP contribution is 2.36. The van der Waals surface area contributed by atoms with Gasteiger partial charge in [0.05, 0.1) is 4.90 Å². The predicted octanol–water partition coefficient (Wildman–Crippen LogP) is 3.86. The van der Waals surface area contributed by atoms with Gasteiger partial charge in [-0.3, -0.25) is 4.98 Å². The van der Waals surface area contributed by atoms with Gasteiger partial charge in [0.1, 0.15) is 11.3 Å². The highest BCUT2D eigenvalue weighted by molar-refractivity contribution is 7.89. The van der Waals surface area contributed by atoms with Gasteiger partial charge < -0.3 is 4.74 Å². The van der Waals surface area contributed by atoms with Crippen molar-refractivity contribution >= 4 is 20.9 Å². The number of sulfonamides is 1. The van der Waals surface area contributed by atoms with Crippen molar-refractivity contribution in [1.82, 2.24) is 9.71 Å². The van der Waals surface area contributed by atoms with Crippen molar-refractivity contribution in [3.05, 3.63) is 60.8 Å². The minimum absolute atomic E-state index is 0.240. The minimum atomic E-state index is -3.50. The largest absolute Gasteiger partial charge is 0.455 e. The summed E-state index contributed by atoms with van der Waals surface area (Å²) in [5.74, 6) is 1.20. The zero-order valence-electron chi connectivity index (χ0n) is 13.8. The molecule has 3 aromatic rings. The van der Waals surface area contributed by atoms with E-state index in [1.807, 2.05) is 37.3 Å². The minimum Gasteiger partial charge on any atom is -0.455 e. The van der Waals surface area contributed by atoms with Crippen LogP contribution in [0.1, 0.15) is 19.8 Å². The van der Waals surface area contributed by atoms with Crippen LogP contribution in [0.5, 0.6) is 11.5 Å². The Labute approximate surface area is 146 Å². The number of fused-ring (bicyclic) bond motifs is 1. The van der Waals surface area contributed by atoms with Gasteiger partial charge >= 0.3 is 0 Å². The summed E-state index contributed by atoms with van der Waals surface area (Å²) in [6, 6.07) is 16.0. The molecule has 0 aliphatic heterocycles. The molecule has 1 fully saturated rings. The molecule has 0 unspecified atom stereocenters. The van der Waals surface area contributed by atoms with Crippen LogP contribution in [-0.2, 0) is 10.0 Å². The van der Waals surface area contributed by atoms with E-state index in [-0.39, 0.29) is 10.4 Å². The Balaban J connectivity index is 1.58. The van der Waals surface area contributed by atoms with Gasteiger partial charge in [-0.25, -0.2) is 13.1 Å². The lowest BCUT2D eigenvalue weighted by atomic mass is 10.2. The molecule has 1 saturated carbocycles. The van der Waals surface area contributed by atoms with E-state index >= 15 is 0 Å². The number of hydrogen-bond acceptors (Lipinski definition) is 4. The Hall–Kier alpha value is -2.44. The van der Waals surface area contributed by atoms with Crippen molar-refractivity contribution in [3.8, 4) is 11.5 Å². The number of pyridine rings is 1. The molecule has 128 valence electrons. The SMILES string of the molecule is CC1(NS(=O)(=O)c2ccc(Oc3cccc4cccnc34)cc2)CC1. The van der Waals surface area contributed by atoms with E-state index in [4.69, 9.17) is 4.74 Å². The zero-order chi connectivity index (χ0) is 17.5. The first-order valence-electron chi connectivity index (χ1n) is 8.11. The van der Waals surface area contributed by atoms with Crippen molar-refractivity contribution < 1.29 is 13.2 Å². The number of rotatable bonds is 5. The number of benzene rings is 2. The van der Waals surface area contributed by atoms with Gasteiger partial charge in [0.2, 0.25) is 10.0 Å². The van der Waals surface area contributed by atoms with Crippen LogP contribution in [0.25, 0.3) is 10.9 Å². The van der Waals surface area contributed by atoms with Crippen molar-refractivity contribution in [3.63, 3.8) is 0 Å². The molecule has 1 aliphatic carbocycles. The van der Waals surface area contributed by atoms with E-state index < -0.39 is 10.0 Å². The number of aromatic nitrogens is 1. The highest BCUT2D eigenvalue weighted by Gasteiger charge is 2.41. The predicted molar refractivity (Wildman–Crippen MR) is 96.2 cm³/mol. The van der Waals surface area contributed by atoms with E-state index in [0.717, 1.165) is 23.7 Å². The van der Waals surface area contributed by atoms with Crippen molar-refractivity contribution in [2.24, 2.45) is 0 Å². The number of ether oxygens (including phenoxy) is 1. The fraction of sp³-hybridized carbons (Fsp3) is 0.211. The number of nitrogens with zero attached hydrogens (tertiary/aromatic N) is 1. The maximum Gasteiger partial charge on any atom is 0.241 e. The second kappa shape index (κ2) is 5.82. The van der Waals surface area contributed by atoms with Crippen LogP contribution in [0, 0.1) is 0 Å². The molecular weight excluding hydrogens is 336 g/mol. The summed E-state index contributed by atoms with van der Waals surface area (Å²) in [4.78, 5) is 4.59. The average molecular weight is 354 g/mol. The number of nitrogens with one attached hydrogen (secondary N) is 1. The Morgan fingerprint density at radius 1 is 1.04 bits per heavy atom. The van der Waals surface area contributed by atoms with Gasteiger partial charge in [-0.05, 0) is 56.2 Å². The van der Waals surface area contributed by atoms with Gasteiger partial charge in [-0.2, -0.15) is 0 Å². The fourth-order valence-electron chi connectivity index (χ4n) is 2.65. The topological polar surface area (TPSA) is 68.3 Å². The molecule has 4 rings (SSSR count). The van der Waals surface area contributed by atoms with Gasteiger partial charge in [0.15, 0.2) is 5.75 Å². The summed E-state index contributed by atoms with van der Waals surface area (Å²) in [6.45, 7) is 1.91. The molecule has 1 aliphatic rings. The summed E-state index contributed by atoms with van der Waals surface area (Å²) in [6.07, 6.45) is 3.47.